The summed E-state index contributed by atoms with van der Waals surface area (Å²) in [7, 11) is 0. The van der Waals surface area contributed by atoms with E-state index in [2.05, 4.69) is 28.1 Å². The molecule has 1 aromatic heterocycles. The third-order valence-electron chi connectivity index (χ3n) is 8.52. The number of nitriles is 1. The van der Waals surface area contributed by atoms with Crippen LogP contribution in [0.3, 0.4) is 0 Å². The van der Waals surface area contributed by atoms with Gasteiger partial charge in [0.05, 0.1) is 11.7 Å². The maximum atomic E-state index is 14.7. The van der Waals surface area contributed by atoms with Gasteiger partial charge in [-0.2, -0.15) is 5.26 Å². The molecule has 214 valence electrons. The topological polar surface area (TPSA) is 69.4 Å². The van der Waals surface area contributed by atoms with Gasteiger partial charge in [0.2, 0.25) is 0 Å². The van der Waals surface area contributed by atoms with Gasteiger partial charge in [-0.25, -0.2) is 4.39 Å². The molecule has 1 atom stereocenters. The smallest absolute Gasteiger partial charge is 0.131 e. The number of hydrogen-bond donors (Lipinski definition) is 1. The lowest BCUT2D eigenvalue weighted by molar-refractivity contribution is 0.0787. The zero-order valence-electron chi connectivity index (χ0n) is 23.4. The Balaban J connectivity index is 1.28. The van der Waals surface area contributed by atoms with Gasteiger partial charge in [0, 0.05) is 53.7 Å². The van der Waals surface area contributed by atoms with Crippen LogP contribution in [0.5, 0.6) is 5.75 Å². The molecule has 0 saturated carbocycles. The first-order chi connectivity index (χ1) is 20.5. The van der Waals surface area contributed by atoms with Crippen LogP contribution in [-0.2, 0) is 26.0 Å². The van der Waals surface area contributed by atoms with Gasteiger partial charge in [0.15, 0.2) is 0 Å². The highest BCUT2D eigenvalue weighted by Crippen LogP contribution is 2.42. The summed E-state index contributed by atoms with van der Waals surface area (Å²) in [6, 6.07) is 21.2. The number of pyridine rings is 1. The lowest BCUT2D eigenvalue weighted by Crippen LogP contribution is -2.35. The first-order valence-corrected chi connectivity index (χ1v) is 14.9. The highest BCUT2D eigenvalue weighted by molar-refractivity contribution is 6.31. The van der Waals surface area contributed by atoms with E-state index in [1.165, 1.54) is 23.4 Å². The van der Waals surface area contributed by atoms with Gasteiger partial charge in [-0.3, -0.25) is 9.88 Å². The molecule has 7 heteroatoms. The number of ether oxygens (including phenoxy) is 1. The van der Waals surface area contributed by atoms with E-state index in [0.717, 1.165) is 73.2 Å². The number of likely N-dealkylation sites (tertiary alicyclic amines) is 1. The fourth-order valence-corrected chi connectivity index (χ4v) is 6.57. The number of aromatic nitrogens is 1. The van der Waals surface area contributed by atoms with Crippen LogP contribution in [0.15, 0.2) is 73.1 Å². The molecule has 0 spiro atoms. The molecule has 2 aliphatic rings. The van der Waals surface area contributed by atoms with Crippen LogP contribution in [0.2, 0.25) is 5.02 Å². The minimum atomic E-state index is -0.240. The predicted octanol–water partition coefficient (Wildman–Crippen LogP) is 7.22. The van der Waals surface area contributed by atoms with Crippen LogP contribution >= 0.6 is 11.6 Å². The quantitative estimate of drug-likeness (QED) is 0.238. The lowest BCUT2D eigenvalue weighted by Gasteiger charge is -2.30. The number of aliphatic hydroxyl groups is 1. The molecule has 5 nitrogen and oxygen atoms in total. The summed E-state index contributed by atoms with van der Waals surface area (Å²) in [5.41, 5.74) is 7.42. The molecule has 1 saturated heterocycles. The molecule has 42 heavy (non-hydrogen) atoms. The zero-order chi connectivity index (χ0) is 29.1. The Hall–Kier alpha value is -3.76. The molecular formula is C35H33ClFN3O2. The molecule has 6 rings (SSSR count). The minimum Gasteiger partial charge on any atom is -0.489 e. The van der Waals surface area contributed by atoms with Crippen LogP contribution in [-0.4, -0.2) is 34.2 Å². The van der Waals surface area contributed by atoms with Gasteiger partial charge in [-0.15, -0.1) is 0 Å². The number of piperidine rings is 1. The van der Waals surface area contributed by atoms with E-state index in [1.54, 1.807) is 18.3 Å². The molecule has 3 aromatic carbocycles. The molecule has 1 fully saturated rings. The summed E-state index contributed by atoms with van der Waals surface area (Å²) >= 11 is 6.94. The van der Waals surface area contributed by atoms with Gasteiger partial charge in [0.25, 0.3) is 0 Å². The Kier molecular flexibility index (Phi) is 8.53. The number of hydrogen-bond acceptors (Lipinski definition) is 5. The molecule has 0 bridgehead atoms. The lowest BCUT2D eigenvalue weighted by atomic mass is 9.90. The van der Waals surface area contributed by atoms with Crippen molar-refractivity contribution < 1.29 is 14.2 Å². The second kappa shape index (κ2) is 12.6. The monoisotopic (exact) mass is 581 g/mol. The Morgan fingerprint density at radius 1 is 1.00 bits per heavy atom. The van der Waals surface area contributed by atoms with Gasteiger partial charge >= 0.3 is 0 Å². The molecule has 0 radical (unpaired) electrons. The fourth-order valence-electron chi connectivity index (χ4n) is 6.31. The minimum absolute atomic E-state index is 0.200. The number of aliphatic hydroxyl groups excluding tert-OH is 1. The van der Waals surface area contributed by atoms with E-state index in [1.807, 2.05) is 30.3 Å². The number of rotatable bonds is 8. The molecule has 4 aromatic rings. The Morgan fingerprint density at radius 3 is 2.62 bits per heavy atom. The van der Waals surface area contributed by atoms with Crippen LogP contribution < -0.4 is 4.74 Å². The van der Waals surface area contributed by atoms with Crippen molar-refractivity contribution in [3.63, 3.8) is 0 Å². The van der Waals surface area contributed by atoms with E-state index < -0.39 is 0 Å². The van der Waals surface area contributed by atoms with Crippen molar-refractivity contribution in [3.05, 3.63) is 117 Å². The standard InChI is InChI=1S/C35H33ClFN3O2/c36-33-16-27(21-40-12-10-28(41)11-13-40)35(42-22-24-14-23(18-38)19-39-20-24)17-26(33)15-25-8-9-31-29(25)5-3-6-30(31)32-4-1-2-7-34(32)37/h1-7,14,16-17,19-20,25,28,41H,8-13,15,21-22H2. The van der Waals surface area contributed by atoms with Crippen molar-refractivity contribution in [1.82, 2.24) is 9.88 Å². The van der Waals surface area contributed by atoms with Crippen molar-refractivity contribution in [2.45, 2.75) is 57.3 Å². The summed E-state index contributed by atoms with van der Waals surface area (Å²) in [6.07, 6.45) is 7.14. The van der Waals surface area contributed by atoms with Crippen molar-refractivity contribution in [2.75, 3.05) is 13.1 Å². The van der Waals surface area contributed by atoms with Crippen LogP contribution in [0.25, 0.3) is 11.1 Å². The van der Waals surface area contributed by atoms with Crippen LogP contribution in [0.4, 0.5) is 4.39 Å². The summed E-state index contributed by atoms with van der Waals surface area (Å²) in [5, 5.41) is 19.9. The number of nitrogens with zero attached hydrogens (tertiary/aromatic N) is 3. The molecule has 1 N–H and O–H groups in total. The van der Waals surface area contributed by atoms with Gasteiger partial charge < -0.3 is 9.84 Å². The molecule has 2 heterocycles. The largest absolute Gasteiger partial charge is 0.489 e. The van der Waals surface area contributed by atoms with E-state index in [0.29, 0.717) is 22.7 Å². The molecule has 1 aliphatic heterocycles. The van der Waals surface area contributed by atoms with Crippen molar-refractivity contribution >= 4 is 11.6 Å². The van der Waals surface area contributed by atoms with E-state index in [4.69, 9.17) is 16.3 Å². The van der Waals surface area contributed by atoms with Crippen molar-refractivity contribution in [3.8, 4) is 22.9 Å². The molecule has 0 amide bonds. The first kappa shape index (κ1) is 28.4. The zero-order valence-corrected chi connectivity index (χ0v) is 24.2. The van der Waals surface area contributed by atoms with Crippen molar-refractivity contribution in [2.24, 2.45) is 0 Å². The van der Waals surface area contributed by atoms with Crippen molar-refractivity contribution in [1.29, 1.82) is 5.26 Å². The maximum Gasteiger partial charge on any atom is 0.131 e. The van der Waals surface area contributed by atoms with E-state index in [9.17, 15) is 14.8 Å². The van der Waals surface area contributed by atoms with Gasteiger partial charge in [-0.05, 0) is 84.5 Å². The summed E-state index contributed by atoms with van der Waals surface area (Å²) in [4.78, 5) is 6.49. The molecule has 1 aliphatic carbocycles. The van der Waals surface area contributed by atoms with Crippen LogP contribution in [0, 0.1) is 17.1 Å². The average molecular weight is 582 g/mol. The number of fused-ring (bicyclic) bond motifs is 1. The Morgan fingerprint density at radius 2 is 1.81 bits per heavy atom. The van der Waals surface area contributed by atoms with E-state index in [-0.39, 0.29) is 24.4 Å². The van der Waals surface area contributed by atoms with E-state index >= 15 is 0 Å². The van der Waals surface area contributed by atoms with Gasteiger partial charge in [0.1, 0.15) is 24.2 Å². The number of benzene rings is 3. The Labute approximate surface area is 251 Å². The van der Waals surface area contributed by atoms with Crippen LogP contribution in [0.1, 0.15) is 58.6 Å². The predicted molar refractivity (Wildman–Crippen MR) is 162 cm³/mol. The third-order valence-corrected chi connectivity index (χ3v) is 8.88. The molecular weight excluding hydrogens is 549 g/mol. The average Bonchev–Trinajstić information content (AvgIpc) is 3.42. The normalized spacial score (nSPS) is 17.1. The first-order valence-electron chi connectivity index (χ1n) is 14.5. The Bertz CT molecular complexity index is 1630. The maximum absolute atomic E-state index is 14.7. The highest BCUT2D eigenvalue weighted by Gasteiger charge is 2.27. The summed E-state index contributed by atoms with van der Waals surface area (Å²) < 4.78 is 21.1. The second-order valence-electron chi connectivity index (χ2n) is 11.3. The SMILES string of the molecule is N#Cc1cncc(COc2cc(CC3CCc4c(-c5ccccc5F)cccc43)c(Cl)cc2CN2CCC(O)CC2)c1. The summed E-state index contributed by atoms with van der Waals surface area (Å²) in [5.74, 6) is 0.831. The number of halogens is 2. The molecule has 1 unspecified atom stereocenters. The highest BCUT2D eigenvalue weighted by atomic mass is 35.5. The fraction of sp³-hybridized carbons (Fsp3) is 0.314. The second-order valence-corrected chi connectivity index (χ2v) is 11.7. The van der Waals surface area contributed by atoms with Gasteiger partial charge in [-0.1, -0.05) is 48.0 Å². The third kappa shape index (κ3) is 6.19. The summed E-state index contributed by atoms with van der Waals surface area (Å²) in [6.45, 7) is 2.60.